The first-order valence-corrected chi connectivity index (χ1v) is 10.8. The van der Waals surface area contributed by atoms with Gasteiger partial charge in [0.2, 0.25) is 0 Å². The van der Waals surface area contributed by atoms with E-state index in [2.05, 4.69) is 95.3 Å². The number of nitrogens with zero attached hydrogens (tertiary/aromatic N) is 1. The van der Waals surface area contributed by atoms with Gasteiger partial charge in [-0.2, -0.15) is 0 Å². The molecule has 3 nitrogen and oxygen atoms in total. The molecular weight excluding hydrogens is 368 g/mol. The van der Waals surface area contributed by atoms with Crippen LogP contribution in [0.25, 0.3) is 11.8 Å². The molecule has 152 valence electrons. The number of hydrogen-bond donors (Lipinski definition) is 1. The molecule has 0 radical (unpaired) electrons. The lowest BCUT2D eigenvalue weighted by Gasteiger charge is -2.15. The minimum atomic E-state index is 0.566. The molecule has 2 heterocycles. The van der Waals surface area contributed by atoms with Crippen molar-refractivity contribution in [3.05, 3.63) is 100 Å². The lowest BCUT2D eigenvalue weighted by atomic mass is 10.0. The molecule has 0 aromatic heterocycles. The molecule has 2 aliphatic heterocycles. The van der Waals surface area contributed by atoms with E-state index in [4.69, 9.17) is 4.74 Å². The third-order valence-electron chi connectivity index (χ3n) is 6.11. The van der Waals surface area contributed by atoms with E-state index in [1.54, 1.807) is 5.57 Å². The Kier molecular flexibility index (Phi) is 5.54. The molecule has 3 heteroatoms. The number of benzene rings is 3. The van der Waals surface area contributed by atoms with Crippen LogP contribution in [0.15, 0.2) is 78.9 Å². The van der Waals surface area contributed by atoms with E-state index in [0.29, 0.717) is 12.5 Å². The Labute approximate surface area is 178 Å². The molecular formula is C27H28N2O. The van der Waals surface area contributed by atoms with Crippen LogP contribution in [-0.4, -0.2) is 31.1 Å². The van der Waals surface area contributed by atoms with Crippen LogP contribution in [0.1, 0.15) is 11.1 Å². The van der Waals surface area contributed by atoms with Crippen molar-refractivity contribution in [1.29, 1.82) is 0 Å². The van der Waals surface area contributed by atoms with Gasteiger partial charge in [-0.1, -0.05) is 66.7 Å². The first kappa shape index (κ1) is 19.0. The number of hydrogen-bond acceptors (Lipinski definition) is 3. The molecule has 0 amide bonds. The Bertz CT molecular complexity index is 1110. The highest BCUT2D eigenvalue weighted by Crippen LogP contribution is 2.24. The lowest BCUT2D eigenvalue weighted by Crippen LogP contribution is -2.29. The largest absolute Gasteiger partial charge is 0.493 e. The Morgan fingerprint density at radius 1 is 0.900 bits per heavy atom. The summed E-state index contributed by atoms with van der Waals surface area (Å²) in [5.74, 6) is 1.51. The molecule has 0 saturated carbocycles. The summed E-state index contributed by atoms with van der Waals surface area (Å²) in [4.78, 5) is 2.57. The molecule has 0 aliphatic carbocycles. The number of nitrogens with one attached hydrogen (secondary N) is 1. The smallest absolute Gasteiger partial charge is 0.119 e. The highest BCUT2D eigenvalue weighted by Gasteiger charge is 2.28. The zero-order valence-electron chi connectivity index (χ0n) is 17.3. The van der Waals surface area contributed by atoms with Crippen molar-refractivity contribution in [3.63, 3.8) is 0 Å². The van der Waals surface area contributed by atoms with Crippen molar-refractivity contribution in [2.24, 2.45) is 5.92 Å². The molecule has 5 rings (SSSR count). The van der Waals surface area contributed by atoms with Gasteiger partial charge in [-0.3, -0.25) is 4.90 Å². The summed E-state index contributed by atoms with van der Waals surface area (Å²) < 4.78 is 6.06. The van der Waals surface area contributed by atoms with Crippen LogP contribution in [0.4, 0.5) is 0 Å². The predicted molar refractivity (Wildman–Crippen MR) is 122 cm³/mol. The van der Waals surface area contributed by atoms with E-state index in [0.717, 1.165) is 38.3 Å². The summed E-state index contributed by atoms with van der Waals surface area (Å²) >= 11 is 0. The maximum Gasteiger partial charge on any atom is 0.119 e. The summed E-state index contributed by atoms with van der Waals surface area (Å²) in [5, 5.41) is 6.15. The molecule has 0 unspecified atom stereocenters. The average molecular weight is 397 g/mol. The molecule has 1 atom stereocenters. The van der Waals surface area contributed by atoms with Crippen LogP contribution in [0.2, 0.25) is 0 Å². The average Bonchev–Trinajstić information content (AvgIpc) is 3.09. The SMILES string of the molecule is C1=c2cc(OCCc3ccccc3)ccc2=C2CN(Cc3ccccc3)C[C@@H]2CN1. The van der Waals surface area contributed by atoms with E-state index >= 15 is 0 Å². The van der Waals surface area contributed by atoms with Gasteiger partial charge in [-0.25, -0.2) is 0 Å². The summed E-state index contributed by atoms with van der Waals surface area (Å²) in [6, 6.07) is 27.9. The molecule has 3 aromatic rings. The van der Waals surface area contributed by atoms with Crippen LogP contribution in [-0.2, 0) is 13.0 Å². The van der Waals surface area contributed by atoms with Crippen molar-refractivity contribution in [2.75, 3.05) is 26.2 Å². The maximum absolute atomic E-state index is 6.06. The highest BCUT2D eigenvalue weighted by molar-refractivity contribution is 5.56. The molecule has 3 aromatic carbocycles. The molecule has 1 fully saturated rings. The standard InChI is InChI=1S/C27H28N2O/c1-3-7-21(8-4-1)13-14-30-25-11-12-26-23(15-25)16-28-17-24-19-29(20-27(24)26)18-22-9-5-2-6-10-22/h1-12,15-16,24,28H,13-14,17-20H2/t24-/m0/s1. The summed E-state index contributed by atoms with van der Waals surface area (Å²) in [7, 11) is 0. The third kappa shape index (κ3) is 4.27. The molecule has 0 bridgehead atoms. The second-order valence-corrected chi connectivity index (χ2v) is 8.26. The second-order valence-electron chi connectivity index (χ2n) is 8.26. The Balaban J connectivity index is 1.32. The van der Waals surface area contributed by atoms with Gasteiger partial charge in [0.1, 0.15) is 5.75 Å². The van der Waals surface area contributed by atoms with Crippen LogP contribution in [0.3, 0.4) is 0 Å². The van der Waals surface area contributed by atoms with E-state index in [-0.39, 0.29) is 0 Å². The molecule has 1 N–H and O–H groups in total. The summed E-state index contributed by atoms with van der Waals surface area (Å²) in [5.41, 5.74) is 4.25. The minimum Gasteiger partial charge on any atom is -0.493 e. The first-order chi connectivity index (χ1) is 14.8. The molecule has 0 spiro atoms. The number of likely N-dealkylation sites (tertiary alicyclic amines) is 1. The van der Waals surface area contributed by atoms with Crippen molar-refractivity contribution < 1.29 is 4.74 Å². The van der Waals surface area contributed by atoms with Gasteiger partial charge >= 0.3 is 0 Å². The van der Waals surface area contributed by atoms with Crippen LogP contribution < -0.4 is 20.5 Å². The van der Waals surface area contributed by atoms with E-state index < -0.39 is 0 Å². The van der Waals surface area contributed by atoms with E-state index in [1.807, 2.05) is 0 Å². The molecule has 2 aliphatic rings. The van der Waals surface area contributed by atoms with Gasteiger partial charge in [0, 0.05) is 49.9 Å². The van der Waals surface area contributed by atoms with Crippen molar-refractivity contribution >= 4 is 11.8 Å². The normalized spacial score (nSPS) is 18.0. The van der Waals surface area contributed by atoms with Gasteiger partial charge in [-0.05, 0) is 34.1 Å². The lowest BCUT2D eigenvalue weighted by molar-refractivity contribution is 0.317. The third-order valence-corrected chi connectivity index (χ3v) is 6.11. The summed E-state index contributed by atoms with van der Waals surface area (Å²) in [6.45, 7) is 4.86. The van der Waals surface area contributed by atoms with E-state index in [9.17, 15) is 0 Å². The first-order valence-electron chi connectivity index (χ1n) is 10.8. The zero-order chi connectivity index (χ0) is 20.2. The number of ether oxygens (including phenoxy) is 1. The van der Waals surface area contributed by atoms with Gasteiger partial charge < -0.3 is 10.1 Å². The Hall–Kier alpha value is -3.04. The van der Waals surface area contributed by atoms with Crippen molar-refractivity contribution in [2.45, 2.75) is 13.0 Å². The van der Waals surface area contributed by atoms with Gasteiger partial charge in [0.15, 0.2) is 0 Å². The monoisotopic (exact) mass is 396 g/mol. The topological polar surface area (TPSA) is 24.5 Å². The Morgan fingerprint density at radius 3 is 2.47 bits per heavy atom. The minimum absolute atomic E-state index is 0.566. The van der Waals surface area contributed by atoms with Crippen molar-refractivity contribution in [3.8, 4) is 5.75 Å². The summed E-state index contributed by atoms with van der Waals surface area (Å²) in [6.07, 6.45) is 3.08. The Morgan fingerprint density at radius 2 is 1.67 bits per heavy atom. The number of fused-ring (bicyclic) bond motifs is 2. The van der Waals surface area contributed by atoms with Crippen LogP contribution >= 0.6 is 0 Å². The molecule has 1 saturated heterocycles. The van der Waals surface area contributed by atoms with Crippen LogP contribution in [0, 0.1) is 5.92 Å². The fraction of sp³-hybridized carbons (Fsp3) is 0.259. The highest BCUT2D eigenvalue weighted by atomic mass is 16.5. The fourth-order valence-electron chi connectivity index (χ4n) is 4.60. The fourth-order valence-corrected chi connectivity index (χ4v) is 4.60. The zero-order valence-corrected chi connectivity index (χ0v) is 17.3. The van der Waals surface area contributed by atoms with Gasteiger partial charge in [-0.15, -0.1) is 0 Å². The molecule has 30 heavy (non-hydrogen) atoms. The van der Waals surface area contributed by atoms with Gasteiger partial charge in [0.05, 0.1) is 6.61 Å². The van der Waals surface area contributed by atoms with Gasteiger partial charge in [0.25, 0.3) is 0 Å². The predicted octanol–water partition coefficient (Wildman–Crippen LogP) is 2.93. The second kappa shape index (κ2) is 8.76. The number of rotatable bonds is 6. The maximum atomic E-state index is 6.06. The van der Waals surface area contributed by atoms with Crippen LogP contribution in [0.5, 0.6) is 5.75 Å². The van der Waals surface area contributed by atoms with Crippen molar-refractivity contribution in [1.82, 2.24) is 10.2 Å². The quantitative estimate of drug-likeness (QED) is 0.693. The van der Waals surface area contributed by atoms with E-state index in [1.165, 1.54) is 21.6 Å².